The van der Waals surface area contributed by atoms with E-state index >= 15 is 0 Å². The van der Waals surface area contributed by atoms with E-state index in [0.29, 0.717) is 6.04 Å². The highest BCUT2D eigenvalue weighted by molar-refractivity contribution is 7.15. The SMILES string of the molecule is CCCNC(Cc1cn2ccsc2n1)c1sc(C)nc1C. The highest BCUT2D eigenvalue weighted by Gasteiger charge is 2.19. The number of imidazole rings is 1. The smallest absolute Gasteiger partial charge is 0.193 e. The number of hydrogen-bond donors (Lipinski definition) is 1. The summed E-state index contributed by atoms with van der Waals surface area (Å²) < 4.78 is 2.10. The summed E-state index contributed by atoms with van der Waals surface area (Å²) in [5.41, 5.74) is 2.29. The van der Waals surface area contributed by atoms with Crippen molar-refractivity contribution < 1.29 is 0 Å². The zero-order valence-electron chi connectivity index (χ0n) is 12.6. The van der Waals surface area contributed by atoms with Crippen LogP contribution in [0.15, 0.2) is 17.8 Å². The minimum atomic E-state index is 0.306. The minimum Gasteiger partial charge on any atom is -0.309 e. The van der Waals surface area contributed by atoms with Crippen molar-refractivity contribution in [2.75, 3.05) is 6.54 Å². The van der Waals surface area contributed by atoms with E-state index in [9.17, 15) is 0 Å². The van der Waals surface area contributed by atoms with Crippen LogP contribution in [0.5, 0.6) is 0 Å². The van der Waals surface area contributed by atoms with Crippen LogP contribution in [0.1, 0.15) is 40.7 Å². The van der Waals surface area contributed by atoms with Gasteiger partial charge in [0.25, 0.3) is 0 Å². The van der Waals surface area contributed by atoms with Gasteiger partial charge in [0.2, 0.25) is 0 Å². The molecular formula is C15H20N4S2. The van der Waals surface area contributed by atoms with Crippen molar-refractivity contribution in [3.05, 3.63) is 39.0 Å². The first kappa shape index (κ1) is 14.7. The second-order valence-electron chi connectivity index (χ2n) is 5.22. The minimum absolute atomic E-state index is 0.306. The molecule has 0 spiro atoms. The Morgan fingerprint density at radius 1 is 1.33 bits per heavy atom. The molecule has 0 aliphatic heterocycles. The topological polar surface area (TPSA) is 42.2 Å². The van der Waals surface area contributed by atoms with Gasteiger partial charge in [-0.1, -0.05) is 6.92 Å². The quantitative estimate of drug-likeness (QED) is 0.752. The molecule has 0 aliphatic carbocycles. The first-order chi connectivity index (χ1) is 10.2. The van der Waals surface area contributed by atoms with Gasteiger partial charge in [0.05, 0.1) is 16.4 Å². The summed E-state index contributed by atoms with van der Waals surface area (Å²) in [4.78, 5) is 11.7. The Kier molecular flexibility index (Phi) is 4.37. The Hall–Kier alpha value is -1.24. The standard InChI is InChI=1S/C15H20N4S2/c1-4-5-16-13(14-10(2)17-11(3)21-14)8-12-9-19-6-7-20-15(19)18-12/h6-7,9,13,16H,4-5,8H2,1-3H3. The normalized spacial score (nSPS) is 13.1. The predicted molar refractivity (Wildman–Crippen MR) is 89.4 cm³/mol. The van der Waals surface area contributed by atoms with Crippen LogP contribution in [0.4, 0.5) is 0 Å². The lowest BCUT2D eigenvalue weighted by Gasteiger charge is -2.16. The maximum absolute atomic E-state index is 4.71. The van der Waals surface area contributed by atoms with Crippen LogP contribution in [0.3, 0.4) is 0 Å². The van der Waals surface area contributed by atoms with Crippen molar-refractivity contribution in [2.45, 2.75) is 39.7 Å². The summed E-state index contributed by atoms with van der Waals surface area (Å²) in [5.74, 6) is 0. The summed E-state index contributed by atoms with van der Waals surface area (Å²) in [5, 5.41) is 6.85. The number of nitrogens with one attached hydrogen (secondary N) is 1. The van der Waals surface area contributed by atoms with Crippen LogP contribution in [0.2, 0.25) is 0 Å². The van der Waals surface area contributed by atoms with Gasteiger partial charge in [0.1, 0.15) is 0 Å². The maximum Gasteiger partial charge on any atom is 0.193 e. The Morgan fingerprint density at radius 3 is 2.86 bits per heavy atom. The van der Waals surface area contributed by atoms with Gasteiger partial charge in [-0.3, -0.25) is 4.40 Å². The van der Waals surface area contributed by atoms with Gasteiger partial charge in [-0.2, -0.15) is 0 Å². The molecule has 1 atom stereocenters. The van der Waals surface area contributed by atoms with E-state index < -0.39 is 0 Å². The van der Waals surface area contributed by atoms with Crippen LogP contribution >= 0.6 is 22.7 Å². The first-order valence-corrected chi connectivity index (χ1v) is 8.95. The Morgan fingerprint density at radius 2 is 2.19 bits per heavy atom. The fraction of sp³-hybridized carbons (Fsp3) is 0.467. The Labute approximate surface area is 132 Å². The van der Waals surface area contributed by atoms with Crippen LogP contribution in [0, 0.1) is 13.8 Å². The number of aryl methyl sites for hydroxylation is 2. The molecule has 4 nitrogen and oxygen atoms in total. The molecule has 3 heterocycles. The lowest BCUT2D eigenvalue weighted by molar-refractivity contribution is 0.530. The molecule has 0 aliphatic rings. The van der Waals surface area contributed by atoms with E-state index in [4.69, 9.17) is 4.98 Å². The Bertz CT molecular complexity index is 697. The average Bonchev–Trinajstić information content (AvgIpc) is 3.09. The van der Waals surface area contributed by atoms with Crippen molar-refractivity contribution in [2.24, 2.45) is 0 Å². The fourth-order valence-electron chi connectivity index (χ4n) is 2.53. The van der Waals surface area contributed by atoms with E-state index in [2.05, 4.69) is 53.2 Å². The molecule has 3 aromatic rings. The van der Waals surface area contributed by atoms with Crippen molar-refractivity contribution >= 4 is 27.6 Å². The van der Waals surface area contributed by atoms with Gasteiger partial charge >= 0.3 is 0 Å². The van der Waals surface area contributed by atoms with Crippen LogP contribution in [0.25, 0.3) is 4.96 Å². The maximum atomic E-state index is 4.71. The number of aromatic nitrogens is 3. The molecule has 3 aromatic heterocycles. The van der Waals surface area contributed by atoms with Crippen molar-refractivity contribution in [3.63, 3.8) is 0 Å². The first-order valence-electron chi connectivity index (χ1n) is 7.25. The van der Waals surface area contributed by atoms with Crippen LogP contribution in [-0.4, -0.2) is 20.9 Å². The molecule has 21 heavy (non-hydrogen) atoms. The third-order valence-electron chi connectivity index (χ3n) is 3.45. The largest absolute Gasteiger partial charge is 0.309 e. The molecule has 0 saturated heterocycles. The fourth-order valence-corrected chi connectivity index (χ4v) is 4.25. The average molecular weight is 320 g/mol. The molecule has 3 rings (SSSR count). The van der Waals surface area contributed by atoms with Crippen molar-refractivity contribution in [1.29, 1.82) is 0 Å². The predicted octanol–water partition coefficient (Wildman–Crippen LogP) is 3.75. The molecule has 0 aromatic carbocycles. The van der Waals surface area contributed by atoms with Crippen molar-refractivity contribution in [1.82, 2.24) is 19.7 Å². The number of rotatable bonds is 6. The van der Waals surface area contributed by atoms with Gasteiger partial charge in [-0.15, -0.1) is 22.7 Å². The highest BCUT2D eigenvalue weighted by Crippen LogP contribution is 2.27. The Balaban J connectivity index is 1.84. The molecular weight excluding hydrogens is 300 g/mol. The van der Waals surface area contributed by atoms with Gasteiger partial charge in [0, 0.05) is 35.1 Å². The number of hydrogen-bond acceptors (Lipinski definition) is 5. The molecule has 6 heteroatoms. The summed E-state index contributed by atoms with van der Waals surface area (Å²) in [6.45, 7) is 7.39. The lowest BCUT2D eigenvalue weighted by Crippen LogP contribution is -2.24. The van der Waals surface area contributed by atoms with Gasteiger partial charge in [0.15, 0.2) is 4.96 Å². The molecule has 0 saturated carbocycles. The number of thiazole rings is 2. The highest BCUT2D eigenvalue weighted by atomic mass is 32.1. The zero-order valence-corrected chi connectivity index (χ0v) is 14.2. The molecule has 0 radical (unpaired) electrons. The molecule has 1 unspecified atom stereocenters. The van der Waals surface area contributed by atoms with E-state index in [0.717, 1.165) is 40.7 Å². The van der Waals surface area contributed by atoms with E-state index in [-0.39, 0.29) is 0 Å². The second-order valence-corrected chi connectivity index (χ2v) is 7.33. The van der Waals surface area contributed by atoms with Gasteiger partial charge in [-0.05, 0) is 26.8 Å². The zero-order chi connectivity index (χ0) is 14.8. The van der Waals surface area contributed by atoms with E-state index in [1.54, 1.807) is 22.7 Å². The molecule has 1 N–H and O–H groups in total. The third-order valence-corrected chi connectivity index (χ3v) is 5.41. The summed E-state index contributed by atoms with van der Waals surface area (Å²) in [7, 11) is 0. The molecule has 112 valence electrons. The van der Waals surface area contributed by atoms with Gasteiger partial charge < -0.3 is 5.32 Å². The van der Waals surface area contributed by atoms with Crippen molar-refractivity contribution in [3.8, 4) is 0 Å². The van der Waals surface area contributed by atoms with Gasteiger partial charge in [-0.25, -0.2) is 9.97 Å². The second kappa shape index (κ2) is 6.25. The molecule has 0 fully saturated rings. The van der Waals surface area contributed by atoms with E-state index in [1.807, 2.05) is 0 Å². The number of fused-ring (bicyclic) bond motifs is 1. The lowest BCUT2D eigenvalue weighted by atomic mass is 10.1. The monoisotopic (exact) mass is 320 g/mol. The molecule has 0 amide bonds. The van der Waals surface area contributed by atoms with Crippen LogP contribution < -0.4 is 5.32 Å². The number of nitrogens with zero attached hydrogens (tertiary/aromatic N) is 3. The summed E-state index contributed by atoms with van der Waals surface area (Å²) in [6.07, 6.45) is 6.24. The van der Waals surface area contributed by atoms with Crippen LogP contribution in [-0.2, 0) is 6.42 Å². The summed E-state index contributed by atoms with van der Waals surface area (Å²) >= 11 is 3.47. The molecule has 0 bridgehead atoms. The van der Waals surface area contributed by atoms with E-state index in [1.165, 1.54) is 4.88 Å². The summed E-state index contributed by atoms with van der Waals surface area (Å²) in [6, 6.07) is 0.306. The third kappa shape index (κ3) is 3.17.